The maximum absolute atomic E-state index is 9.53. The number of hydrogen-bond acceptors (Lipinski definition) is 3. The molecule has 116 valence electrons. The van der Waals surface area contributed by atoms with E-state index in [0.717, 1.165) is 37.6 Å². The Morgan fingerprint density at radius 3 is 2.05 bits per heavy atom. The second kappa shape index (κ2) is 8.00. The highest BCUT2D eigenvalue weighted by atomic mass is 15.2. The molecule has 0 N–H and O–H groups in total. The van der Waals surface area contributed by atoms with Crippen molar-refractivity contribution in [2.75, 3.05) is 39.8 Å². The van der Waals surface area contributed by atoms with E-state index in [4.69, 9.17) is 0 Å². The highest BCUT2D eigenvalue weighted by molar-refractivity contribution is 5.02. The lowest BCUT2D eigenvalue weighted by molar-refractivity contribution is 0.188. The van der Waals surface area contributed by atoms with E-state index in [9.17, 15) is 5.26 Å². The molecule has 0 amide bonds. The lowest BCUT2D eigenvalue weighted by Gasteiger charge is -2.30. The number of nitrogens with zero attached hydrogens (tertiary/aromatic N) is 3. The molecule has 0 bridgehead atoms. The average Bonchev–Trinajstić information content (AvgIpc) is 2.97. The average molecular weight is 279 g/mol. The molecule has 2 aliphatic rings. The molecule has 0 spiro atoms. The first-order chi connectivity index (χ1) is 9.62. The molecule has 0 saturated carbocycles. The third-order valence-electron chi connectivity index (χ3n) is 4.91. The van der Waals surface area contributed by atoms with Crippen molar-refractivity contribution in [1.82, 2.24) is 9.80 Å². The van der Waals surface area contributed by atoms with E-state index < -0.39 is 0 Å². The Labute approximate surface area is 125 Å². The van der Waals surface area contributed by atoms with Crippen LogP contribution in [0.2, 0.25) is 0 Å². The predicted octanol–water partition coefficient (Wildman–Crippen LogP) is 3.23. The molecule has 2 heterocycles. The largest absolute Gasteiger partial charge is 0.306 e. The molecule has 0 aromatic carbocycles. The van der Waals surface area contributed by atoms with Gasteiger partial charge in [0, 0.05) is 32.7 Å². The van der Waals surface area contributed by atoms with Crippen molar-refractivity contribution in [2.45, 2.75) is 47.0 Å². The second-order valence-corrected chi connectivity index (χ2v) is 6.43. The summed E-state index contributed by atoms with van der Waals surface area (Å²) in [5.74, 6) is 1.70. The molecule has 0 radical (unpaired) electrons. The normalized spacial score (nSPS) is 29.2. The van der Waals surface area contributed by atoms with Crippen molar-refractivity contribution >= 4 is 0 Å². The summed E-state index contributed by atoms with van der Waals surface area (Å²) in [6, 6.07) is 2.62. The number of likely N-dealkylation sites (tertiary alicyclic amines) is 2. The highest BCUT2D eigenvalue weighted by Crippen LogP contribution is 2.35. The monoisotopic (exact) mass is 279 g/mol. The molecule has 2 saturated heterocycles. The zero-order chi connectivity index (χ0) is 15.2. The standard InChI is InChI=1S/C15H27N3.C2H6/c1-4-6-15(5-2,11-16)12-18-9-13-7-17(3)8-14(13)10-18;1-2/h13-14H,4-10,12H2,1-3H3;1-2H3. The van der Waals surface area contributed by atoms with Gasteiger partial charge in [-0.3, -0.25) is 0 Å². The molecule has 3 nitrogen and oxygen atoms in total. The third-order valence-corrected chi connectivity index (χ3v) is 4.91. The Kier molecular flexibility index (Phi) is 6.99. The van der Waals surface area contributed by atoms with Crippen molar-refractivity contribution in [3.05, 3.63) is 0 Å². The van der Waals surface area contributed by atoms with Gasteiger partial charge in [-0.2, -0.15) is 5.26 Å². The van der Waals surface area contributed by atoms with Gasteiger partial charge in [-0.05, 0) is 31.7 Å². The van der Waals surface area contributed by atoms with Crippen LogP contribution in [-0.4, -0.2) is 49.6 Å². The Morgan fingerprint density at radius 1 is 1.10 bits per heavy atom. The number of rotatable bonds is 5. The van der Waals surface area contributed by atoms with E-state index in [-0.39, 0.29) is 5.41 Å². The Morgan fingerprint density at radius 2 is 1.65 bits per heavy atom. The minimum atomic E-state index is -0.0979. The first-order valence-corrected chi connectivity index (χ1v) is 8.44. The first-order valence-electron chi connectivity index (χ1n) is 8.44. The number of fused-ring (bicyclic) bond motifs is 1. The summed E-state index contributed by atoms with van der Waals surface area (Å²) in [5, 5.41) is 9.53. The van der Waals surface area contributed by atoms with Crippen molar-refractivity contribution in [2.24, 2.45) is 17.3 Å². The van der Waals surface area contributed by atoms with Crippen LogP contribution in [0.4, 0.5) is 0 Å². The maximum Gasteiger partial charge on any atom is 0.0703 e. The van der Waals surface area contributed by atoms with Gasteiger partial charge in [0.15, 0.2) is 0 Å². The molecule has 3 heteroatoms. The van der Waals surface area contributed by atoms with E-state index in [0.29, 0.717) is 0 Å². The van der Waals surface area contributed by atoms with Crippen LogP contribution < -0.4 is 0 Å². The summed E-state index contributed by atoms with van der Waals surface area (Å²) in [7, 11) is 2.23. The van der Waals surface area contributed by atoms with E-state index in [2.05, 4.69) is 36.8 Å². The van der Waals surface area contributed by atoms with Crippen LogP contribution >= 0.6 is 0 Å². The summed E-state index contributed by atoms with van der Waals surface area (Å²) >= 11 is 0. The van der Waals surface area contributed by atoms with Crippen LogP contribution in [0.15, 0.2) is 0 Å². The van der Waals surface area contributed by atoms with Crippen molar-refractivity contribution in [3.8, 4) is 6.07 Å². The second-order valence-electron chi connectivity index (χ2n) is 6.43. The molecule has 2 fully saturated rings. The Balaban J connectivity index is 0.000000956. The zero-order valence-electron chi connectivity index (χ0n) is 14.2. The molecular formula is C17H33N3. The molecule has 0 aromatic rings. The van der Waals surface area contributed by atoms with Gasteiger partial charge in [0.05, 0.1) is 11.5 Å². The summed E-state index contributed by atoms with van der Waals surface area (Å²) in [6.45, 7) is 14.3. The minimum absolute atomic E-state index is 0.0979. The lowest BCUT2D eigenvalue weighted by atomic mass is 9.82. The van der Waals surface area contributed by atoms with Gasteiger partial charge in [-0.1, -0.05) is 34.1 Å². The lowest BCUT2D eigenvalue weighted by Crippen LogP contribution is -2.37. The van der Waals surface area contributed by atoms with Crippen LogP contribution in [-0.2, 0) is 0 Å². The first kappa shape index (κ1) is 17.5. The fraction of sp³-hybridized carbons (Fsp3) is 0.941. The Bertz CT molecular complexity index is 309. The van der Waals surface area contributed by atoms with Gasteiger partial charge in [-0.15, -0.1) is 0 Å². The number of nitriles is 1. The van der Waals surface area contributed by atoms with E-state index in [1.54, 1.807) is 0 Å². The van der Waals surface area contributed by atoms with Crippen molar-refractivity contribution in [3.63, 3.8) is 0 Å². The van der Waals surface area contributed by atoms with Crippen LogP contribution in [0, 0.1) is 28.6 Å². The van der Waals surface area contributed by atoms with Gasteiger partial charge in [0.1, 0.15) is 0 Å². The molecule has 0 aliphatic carbocycles. The molecule has 3 atom stereocenters. The minimum Gasteiger partial charge on any atom is -0.306 e. The zero-order valence-corrected chi connectivity index (χ0v) is 14.2. The van der Waals surface area contributed by atoms with E-state index in [1.807, 2.05) is 13.8 Å². The quantitative estimate of drug-likeness (QED) is 0.774. The summed E-state index contributed by atoms with van der Waals surface area (Å²) in [6.07, 6.45) is 3.15. The van der Waals surface area contributed by atoms with Crippen LogP contribution in [0.5, 0.6) is 0 Å². The van der Waals surface area contributed by atoms with Crippen molar-refractivity contribution in [1.29, 1.82) is 5.26 Å². The number of hydrogen-bond donors (Lipinski definition) is 0. The molecular weight excluding hydrogens is 246 g/mol. The molecule has 2 aliphatic heterocycles. The van der Waals surface area contributed by atoms with Gasteiger partial charge < -0.3 is 9.80 Å². The van der Waals surface area contributed by atoms with Gasteiger partial charge in [0.2, 0.25) is 0 Å². The molecule has 2 rings (SSSR count). The van der Waals surface area contributed by atoms with Crippen molar-refractivity contribution < 1.29 is 0 Å². The van der Waals surface area contributed by atoms with E-state index in [1.165, 1.54) is 26.2 Å². The smallest absolute Gasteiger partial charge is 0.0703 e. The SMILES string of the molecule is CC.CCCC(C#N)(CC)CN1CC2CN(C)CC2C1. The van der Waals surface area contributed by atoms with Crippen LogP contribution in [0.3, 0.4) is 0 Å². The third kappa shape index (κ3) is 3.96. The highest BCUT2D eigenvalue weighted by Gasteiger charge is 2.41. The topological polar surface area (TPSA) is 30.3 Å². The van der Waals surface area contributed by atoms with E-state index >= 15 is 0 Å². The van der Waals surface area contributed by atoms with Crippen LogP contribution in [0.25, 0.3) is 0 Å². The molecule has 3 unspecified atom stereocenters. The molecule has 0 aromatic heterocycles. The maximum atomic E-state index is 9.53. The predicted molar refractivity (Wildman–Crippen MR) is 85.5 cm³/mol. The summed E-state index contributed by atoms with van der Waals surface area (Å²) in [5.41, 5.74) is -0.0979. The summed E-state index contributed by atoms with van der Waals surface area (Å²) < 4.78 is 0. The fourth-order valence-corrected chi connectivity index (χ4v) is 3.90. The van der Waals surface area contributed by atoms with Gasteiger partial charge in [-0.25, -0.2) is 0 Å². The molecule has 20 heavy (non-hydrogen) atoms. The van der Waals surface area contributed by atoms with Crippen LogP contribution in [0.1, 0.15) is 47.0 Å². The Hall–Kier alpha value is -0.590. The van der Waals surface area contributed by atoms with Gasteiger partial charge in [0.25, 0.3) is 0 Å². The fourth-order valence-electron chi connectivity index (χ4n) is 3.90. The van der Waals surface area contributed by atoms with Gasteiger partial charge >= 0.3 is 0 Å². The summed E-state index contributed by atoms with van der Waals surface area (Å²) in [4.78, 5) is 5.01.